The third-order valence-corrected chi connectivity index (χ3v) is 6.26. The van der Waals surface area contributed by atoms with Gasteiger partial charge in [-0.1, -0.05) is 89.5 Å². The highest BCUT2D eigenvalue weighted by Gasteiger charge is 2.16. The molecule has 18 heavy (non-hydrogen) atoms. The van der Waals surface area contributed by atoms with Crippen molar-refractivity contribution in [1.29, 1.82) is 0 Å². The Morgan fingerprint density at radius 1 is 0.722 bits per heavy atom. The van der Waals surface area contributed by atoms with Crippen LogP contribution in [0.5, 0.6) is 0 Å². The van der Waals surface area contributed by atoms with E-state index < -0.39 is 8.07 Å². The summed E-state index contributed by atoms with van der Waals surface area (Å²) in [7, 11) is -1.05. The van der Waals surface area contributed by atoms with Crippen molar-refractivity contribution < 1.29 is 0 Å². The van der Waals surface area contributed by atoms with E-state index >= 15 is 0 Å². The van der Waals surface area contributed by atoms with E-state index in [2.05, 4.69) is 33.1 Å². The molecule has 1 heteroatoms. The lowest BCUT2D eigenvalue weighted by atomic mass is 10.1. The van der Waals surface area contributed by atoms with Gasteiger partial charge in [0.05, 0.1) is 8.07 Å². The molecule has 0 aliphatic rings. The lowest BCUT2D eigenvalue weighted by molar-refractivity contribution is 0.557. The second kappa shape index (κ2) is 10.8. The molecular weight excluding hydrogens is 232 g/mol. The number of unbranched alkanes of at least 4 members (excludes halogenated alkanes) is 9. The predicted molar refractivity (Wildman–Crippen MR) is 88.9 cm³/mol. The molecule has 0 heterocycles. The minimum Gasteiger partial charge on any atom is -0.104 e. The monoisotopic (exact) mass is 268 g/mol. The highest BCUT2D eigenvalue weighted by atomic mass is 28.3. The lowest BCUT2D eigenvalue weighted by Crippen LogP contribution is -2.22. The second-order valence-electron chi connectivity index (χ2n) is 6.79. The summed E-state index contributed by atoms with van der Waals surface area (Å²) in [6.45, 7) is 13.8. The molecule has 108 valence electrons. The summed E-state index contributed by atoms with van der Waals surface area (Å²) in [5.74, 6) is 0. The average Bonchev–Trinajstić information content (AvgIpc) is 2.30. The third kappa shape index (κ3) is 11.1. The Labute approximate surface area is 117 Å². The number of rotatable bonds is 12. The summed E-state index contributed by atoms with van der Waals surface area (Å²) in [4.78, 5) is 0. The molecule has 0 amide bonds. The van der Waals surface area contributed by atoms with Crippen LogP contribution in [0.15, 0.2) is 11.8 Å². The number of allylic oxidation sites excluding steroid dienone is 1. The maximum atomic E-state index is 4.26. The summed E-state index contributed by atoms with van der Waals surface area (Å²) in [5.41, 5.74) is 0. The van der Waals surface area contributed by atoms with Crippen LogP contribution in [0.4, 0.5) is 0 Å². The van der Waals surface area contributed by atoms with Crippen LogP contribution in [0.1, 0.15) is 77.6 Å². The van der Waals surface area contributed by atoms with Crippen LogP contribution in [-0.2, 0) is 0 Å². The van der Waals surface area contributed by atoms with Crippen molar-refractivity contribution in [3.05, 3.63) is 11.8 Å². The first kappa shape index (κ1) is 18.0. The highest BCUT2D eigenvalue weighted by Crippen LogP contribution is 2.19. The van der Waals surface area contributed by atoms with E-state index in [1.54, 1.807) is 5.20 Å². The fourth-order valence-electron chi connectivity index (χ4n) is 2.20. The van der Waals surface area contributed by atoms with E-state index in [0.717, 1.165) is 0 Å². The smallest absolute Gasteiger partial charge is 0.0716 e. The van der Waals surface area contributed by atoms with Gasteiger partial charge in [-0.05, 0) is 12.8 Å². The fourth-order valence-corrected chi connectivity index (χ4v) is 3.13. The molecule has 0 N–H and O–H groups in total. The Morgan fingerprint density at radius 2 is 1.11 bits per heavy atom. The van der Waals surface area contributed by atoms with Crippen molar-refractivity contribution >= 4 is 8.07 Å². The van der Waals surface area contributed by atoms with Crippen LogP contribution in [0.25, 0.3) is 0 Å². The van der Waals surface area contributed by atoms with Crippen LogP contribution in [-0.4, -0.2) is 8.07 Å². The molecule has 0 aliphatic heterocycles. The van der Waals surface area contributed by atoms with Gasteiger partial charge in [0.1, 0.15) is 0 Å². The molecular formula is C17H36Si. The molecule has 0 bridgehead atoms. The molecule has 0 unspecified atom stereocenters. The van der Waals surface area contributed by atoms with Crippen molar-refractivity contribution in [1.82, 2.24) is 0 Å². The second-order valence-corrected chi connectivity index (χ2v) is 12.0. The standard InChI is InChI=1S/C17H36Si/c1-6-7-8-9-10-11-12-13-14-15-16-17(2)18(3,4)5/h2,6-16H2,1,3-5H3. The highest BCUT2D eigenvalue weighted by molar-refractivity contribution is 6.82. The lowest BCUT2D eigenvalue weighted by Gasteiger charge is -2.19. The van der Waals surface area contributed by atoms with Crippen molar-refractivity contribution in [2.45, 2.75) is 97.2 Å². The average molecular weight is 269 g/mol. The molecule has 0 saturated carbocycles. The molecule has 0 aromatic carbocycles. The summed E-state index contributed by atoms with van der Waals surface area (Å²) < 4.78 is 0. The Balaban J connectivity index is 3.19. The Bertz CT molecular complexity index is 200. The van der Waals surface area contributed by atoms with E-state index in [9.17, 15) is 0 Å². The van der Waals surface area contributed by atoms with E-state index in [4.69, 9.17) is 0 Å². The normalized spacial score (nSPS) is 11.8. The van der Waals surface area contributed by atoms with Gasteiger partial charge < -0.3 is 0 Å². The summed E-state index contributed by atoms with van der Waals surface area (Å²) in [6, 6.07) is 0. The van der Waals surface area contributed by atoms with Crippen LogP contribution in [0.3, 0.4) is 0 Å². The molecule has 0 aromatic heterocycles. The maximum absolute atomic E-state index is 4.26. The fraction of sp³-hybridized carbons (Fsp3) is 0.882. The maximum Gasteiger partial charge on any atom is 0.0716 e. The molecule has 0 fully saturated rings. The molecule has 0 aliphatic carbocycles. The molecule has 0 radical (unpaired) electrons. The number of hydrogen-bond donors (Lipinski definition) is 0. The van der Waals surface area contributed by atoms with Gasteiger partial charge in [-0.25, -0.2) is 0 Å². The molecule has 0 saturated heterocycles. The van der Waals surface area contributed by atoms with Gasteiger partial charge in [0.25, 0.3) is 0 Å². The first-order valence-corrected chi connectivity index (χ1v) is 11.7. The zero-order chi connectivity index (χ0) is 13.9. The zero-order valence-electron chi connectivity index (χ0n) is 13.5. The Morgan fingerprint density at radius 3 is 1.50 bits per heavy atom. The molecule has 0 aromatic rings. The predicted octanol–water partition coefficient (Wildman–Crippen LogP) is 6.73. The van der Waals surface area contributed by atoms with Gasteiger partial charge in [-0.3, -0.25) is 0 Å². The SMILES string of the molecule is C=C(CCCCCCCCCCCC)[Si](C)(C)C. The largest absolute Gasteiger partial charge is 0.104 e. The van der Waals surface area contributed by atoms with Crippen molar-refractivity contribution in [3.63, 3.8) is 0 Å². The van der Waals surface area contributed by atoms with Crippen molar-refractivity contribution in [2.24, 2.45) is 0 Å². The van der Waals surface area contributed by atoms with Crippen LogP contribution < -0.4 is 0 Å². The van der Waals surface area contributed by atoms with Gasteiger partial charge in [0, 0.05) is 0 Å². The summed E-state index contributed by atoms with van der Waals surface area (Å²) >= 11 is 0. The van der Waals surface area contributed by atoms with Gasteiger partial charge in [0.15, 0.2) is 0 Å². The van der Waals surface area contributed by atoms with E-state index in [1.807, 2.05) is 0 Å². The first-order valence-electron chi connectivity index (χ1n) is 8.16. The summed E-state index contributed by atoms with van der Waals surface area (Å²) in [5, 5.41) is 1.56. The third-order valence-electron chi connectivity index (χ3n) is 3.89. The molecule has 0 nitrogen and oxygen atoms in total. The first-order chi connectivity index (χ1) is 8.48. The molecule has 0 atom stereocenters. The topological polar surface area (TPSA) is 0 Å². The van der Waals surface area contributed by atoms with E-state index in [0.29, 0.717) is 0 Å². The van der Waals surface area contributed by atoms with Gasteiger partial charge in [-0.2, -0.15) is 0 Å². The quantitative estimate of drug-likeness (QED) is 0.272. The van der Waals surface area contributed by atoms with Gasteiger partial charge in [0.2, 0.25) is 0 Å². The van der Waals surface area contributed by atoms with E-state index in [1.165, 1.54) is 70.6 Å². The van der Waals surface area contributed by atoms with Crippen molar-refractivity contribution in [2.75, 3.05) is 0 Å². The van der Waals surface area contributed by atoms with E-state index in [-0.39, 0.29) is 0 Å². The van der Waals surface area contributed by atoms with Crippen molar-refractivity contribution in [3.8, 4) is 0 Å². The minimum atomic E-state index is -1.05. The zero-order valence-corrected chi connectivity index (χ0v) is 14.5. The van der Waals surface area contributed by atoms with Gasteiger partial charge in [-0.15, -0.1) is 6.58 Å². The van der Waals surface area contributed by atoms with Crippen LogP contribution >= 0.6 is 0 Å². The Kier molecular flexibility index (Phi) is 10.8. The number of hydrogen-bond acceptors (Lipinski definition) is 0. The molecule has 0 spiro atoms. The molecule has 0 rings (SSSR count). The van der Waals surface area contributed by atoms with Crippen LogP contribution in [0, 0.1) is 0 Å². The van der Waals surface area contributed by atoms with Crippen LogP contribution in [0.2, 0.25) is 19.6 Å². The Hall–Kier alpha value is -0.0431. The van der Waals surface area contributed by atoms with Gasteiger partial charge >= 0.3 is 0 Å². The summed E-state index contributed by atoms with van der Waals surface area (Å²) in [6.07, 6.45) is 15.6. The minimum absolute atomic E-state index is 1.05.